The number of hydrogen-bond donors (Lipinski definition) is 3. The molecule has 20 heavy (non-hydrogen) atoms. The summed E-state index contributed by atoms with van der Waals surface area (Å²) in [4.78, 5) is 0. The third kappa shape index (κ3) is 3.23. The Hall–Kier alpha value is -2.63. The van der Waals surface area contributed by atoms with Gasteiger partial charge in [-0.2, -0.15) is 0 Å². The molecule has 0 bridgehead atoms. The molecule has 0 aliphatic rings. The molecule has 0 amide bonds. The second-order valence-corrected chi connectivity index (χ2v) is 4.17. The summed E-state index contributed by atoms with van der Waals surface area (Å²) in [6, 6.07) is 10.2. The first-order valence-corrected chi connectivity index (χ1v) is 5.86. The molecular weight excluding hydrogens is 264 g/mol. The average molecular weight is 277 g/mol. The SMILES string of the molecule is N/C(=N/O)c1cc(F)cc(CNc2ccccc2F)c1. The van der Waals surface area contributed by atoms with Crippen molar-refractivity contribution >= 4 is 11.5 Å². The Kier molecular flexibility index (Phi) is 4.14. The fraction of sp³-hybridized carbons (Fsp3) is 0.0714. The van der Waals surface area contributed by atoms with E-state index in [1.807, 2.05) is 0 Å². The van der Waals surface area contributed by atoms with Gasteiger partial charge in [0.1, 0.15) is 11.6 Å². The quantitative estimate of drug-likeness (QED) is 0.348. The lowest BCUT2D eigenvalue weighted by atomic mass is 10.1. The van der Waals surface area contributed by atoms with Gasteiger partial charge in [-0.3, -0.25) is 0 Å². The van der Waals surface area contributed by atoms with E-state index in [0.717, 1.165) is 6.07 Å². The van der Waals surface area contributed by atoms with Gasteiger partial charge in [0.05, 0.1) is 5.69 Å². The van der Waals surface area contributed by atoms with E-state index in [0.29, 0.717) is 11.3 Å². The lowest BCUT2D eigenvalue weighted by Crippen LogP contribution is -2.14. The van der Waals surface area contributed by atoms with Gasteiger partial charge in [0.25, 0.3) is 0 Å². The molecule has 0 aliphatic carbocycles. The topological polar surface area (TPSA) is 70.6 Å². The van der Waals surface area contributed by atoms with E-state index >= 15 is 0 Å². The van der Waals surface area contributed by atoms with Crippen LogP contribution in [0.15, 0.2) is 47.6 Å². The molecule has 0 aromatic heterocycles. The molecule has 4 N–H and O–H groups in total. The van der Waals surface area contributed by atoms with Crippen LogP contribution in [0.3, 0.4) is 0 Å². The van der Waals surface area contributed by atoms with Crippen LogP contribution in [0, 0.1) is 11.6 Å². The maximum absolute atomic E-state index is 13.4. The molecular formula is C14H13F2N3O. The molecule has 4 nitrogen and oxygen atoms in total. The summed E-state index contributed by atoms with van der Waals surface area (Å²) in [5.74, 6) is -1.09. The predicted molar refractivity (Wildman–Crippen MR) is 72.6 cm³/mol. The molecule has 0 heterocycles. The van der Waals surface area contributed by atoms with Crippen molar-refractivity contribution in [2.75, 3.05) is 5.32 Å². The molecule has 0 saturated heterocycles. The maximum Gasteiger partial charge on any atom is 0.170 e. The smallest absolute Gasteiger partial charge is 0.170 e. The van der Waals surface area contributed by atoms with Gasteiger partial charge in [0, 0.05) is 12.1 Å². The molecule has 104 valence electrons. The van der Waals surface area contributed by atoms with Crippen LogP contribution in [0.5, 0.6) is 0 Å². The van der Waals surface area contributed by atoms with Gasteiger partial charge in [-0.05, 0) is 35.9 Å². The van der Waals surface area contributed by atoms with E-state index in [9.17, 15) is 8.78 Å². The normalized spacial score (nSPS) is 11.4. The third-order valence-electron chi connectivity index (χ3n) is 2.72. The van der Waals surface area contributed by atoms with Crippen molar-refractivity contribution in [3.8, 4) is 0 Å². The fourth-order valence-corrected chi connectivity index (χ4v) is 1.76. The van der Waals surface area contributed by atoms with Crippen LogP contribution in [-0.4, -0.2) is 11.0 Å². The summed E-state index contributed by atoms with van der Waals surface area (Å²) in [5.41, 5.74) is 6.55. The van der Waals surface area contributed by atoms with Crippen molar-refractivity contribution in [1.82, 2.24) is 0 Å². The van der Waals surface area contributed by atoms with Gasteiger partial charge >= 0.3 is 0 Å². The van der Waals surface area contributed by atoms with Crippen LogP contribution in [0.4, 0.5) is 14.5 Å². The molecule has 6 heteroatoms. The summed E-state index contributed by atoms with van der Waals surface area (Å²) < 4.78 is 26.9. The highest BCUT2D eigenvalue weighted by Crippen LogP contribution is 2.15. The molecule has 2 aromatic carbocycles. The lowest BCUT2D eigenvalue weighted by molar-refractivity contribution is 0.318. The van der Waals surface area contributed by atoms with Crippen LogP contribution < -0.4 is 11.1 Å². The minimum atomic E-state index is -0.514. The van der Waals surface area contributed by atoms with Crippen molar-refractivity contribution in [3.63, 3.8) is 0 Å². The average Bonchev–Trinajstić information content (AvgIpc) is 2.45. The monoisotopic (exact) mass is 277 g/mol. The minimum Gasteiger partial charge on any atom is -0.409 e. The fourth-order valence-electron chi connectivity index (χ4n) is 1.76. The van der Waals surface area contributed by atoms with Crippen molar-refractivity contribution in [2.24, 2.45) is 10.9 Å². The number of benzene rings is 2. The number of nitrogens with one attached hydrogen (secondary N) is 1. The number of rotatable bonds is 4. The molecule has 0 unspecified atom stereocenters. The first-order valence-electron chi connectivity index (χ1n) is 5.86. The number of nitrogens with two attached hydrogens (primary N) is 1. The van der Waals surface area contributed by atoms with Crippen LogP contribution in [0.1, 0.15) is 11.1 Å². The Bertz CT molecular complexity index is 644. The summed E-state index contributed by atoms with van der Waals surface area (Å²) >= 11 is 0. The van der Waals surface area contributed by atoms with Crippen LogP contribution in [0.2, 0.25) is 0 Å². The zero-order valence-electron chi connectivity index (χ0n) is 10.5. The van der Waals surface area contributed by atoms with Gasteiger partial charge in [-0.1, -0.05) is 17.3 Å². The molecule has 2 rings (SSSR count). The molecule has 0 aliphatic heterocycles. The van der Waals surface area contributed by atoms with E-state index in [1.165, 1.54) is 12.1 Å². The first-order chi connectivity index (χ1) is 9.60. The Labute approximate surface area is 114 Å². The summed E-state index contributed by atoms with van der Waals surface area (Å²) in [6.07, 6.45) is 0. The van der Waals surface area contributed by atoms with E-state index in [2.05, 4.69) is 10.5 Å². The standard InChI is InChI=1S/C14H13F2N3O/c15-11-6-9(5-10(7-11)14(17)19-20)8-18-13-4-2-1-3-12(13)16/h1-7,18,20H,8H2,(H2,17,19). The van der Waals surface area contributed by atoms with E-state index in [1.54, 1.807) is 24.3 Å². The predicted octanol–water partition coefficient (Wildman–Crippen LogP) is 2.67. The molecule has 0 radical (unpaired) electrons. The zero-order valence-corrected chi connectivity index (χ0v) is 10.5. The van der Waals surface area contributed by atoms with E-state index in [4.69, 9.17) is 10.9 Å². The third-order valence-corrected chi connectivity index (χ3v) is 2.72. The van der Waals surface area contributed by atoms with Crippen molar-refractivity contribution in [3.05, 3.63) is 65.2 Å². The maximum atomic E-state index is 13.4. The molecule has 0 atom stereocenters. The number of halogens is 2. The number of hydrogen-bond acceptors (Lipinski definition) is 3. The summed E-state index contributed by atoms with van der Waals surface area (Å²) in [6.45, 7) is 0.213. The van der Waals surface area contributed by atoms with Gasteiger partial charge in [0.2, 0.25) is 0 Å². The second-order valence-electron chi connectivity index (χ2n) is 4.17. The van der Waals surface area contributed by atoms with Crippen molar-refractivity contribution < 1.29 is 14.0 Å². The highest BCUT2D eigenvalue weighted by Gasteiger charge is 2.06. The largest absolute Gasteiger partial charge is 0.409 e. The summed E-state index contributed by atoms with van der Waals surface area (Å²) in [5, 5.41) is 14.3. The Morgan fingerprint density at radius 2 is 1.95 bits per heavy atom. The van der Waals surface area contributed by atoms with Crippen molar-refractivity contribution in [2.45, 2.75) is 6.54 Å². The molecule has 0 saturated carbocycles. The summed E-state index contributed by atoms with van der Waals surface area (Å²) in [7, 11) is 0. The first kappa shape index (κ1) is 13.8. The lowest BCUT2D eigenvalue weighted by Gasteiger charge is -2.09. The highest BCUT2D eigenvalue weighted by atomic mass is 19.1. The number of oxime groups is 1. The van der Waals surface area contributed by atoms with Crippen molar-refractivity contribution in [1.29, 1.82) is 0 Å². The Morgan fingerprint density at radius 3 is 2.65 bits per heavy atom. The zero-order chi connectivity index (χ0) is 14.5. The molecule has 0 spiro atoms. The van der Waals surface area contributed by atoms with Gasteiger partial charge in [0.15, 0.2) is 5.84 Å². The van der Waals surface area contributed by atoms with Crippen LogP contribution >= 0.6 is 0 Å². The number of para-hydroxylation sites is 1. The van der Waals surface area contributed by atoms with Crippen LogP contribution in [-0.2, 0) is 6.54 Å². The van der Waals surface area contributed by atoms with Crippen LogP contribution in [0.25, 0.3) is 0 Å². The second kappa shape index (κ2) is 6.01. The Morgan fingerprint density at radius 1 is 1.20 bits per heavy atom. The number of anilines is 1. The van der Waals surface area contributed by atoms with E-state index < -0.39 is 5.82 Å². The highest BCUT2D eigenvalue weighted by molar-refractivity contribution is 5.97. The number of amidine groups is 1. The number of nitrogens with zero attached hydrogens (tertiary/aromatic N) is 1. The van der Waals surface area contributed by atoms with E-state index in [-0.39, 0.29) is 23.8 Å². The minimum absolute atomic E-state index is 0.184. The Balaban J connectivity index is 2.18. The van der Waals surface area contributed by atoms with Gasteiger partial charge in [-0.15, -0.1) is 0 Å². The molecule has 2 aromatic rings. The van der Waals surface area contributed by atoms with Gasteiger partial charge in [-0.25, -0.2) is 8.78 Å². The van der Waals surface area contributed by atoms with Gasteiger partial charge < -0.3 is 16.3 Å². The molecule has 0 fully saturated rings.